The van der Waals surface area contributed by atoms with Crippen LogP contribution in [0, 0.1) is 5.82 Å². The Balaban J connectivity index is 2.03. The van der Waals surface area contributed by atoms with Crippen molar-refractivity contribution in [3.8, 4) is 0 Å². The minimum atomic E-state index is -0.635. The van der Waals surface area contributed by atoms with Crippen molar-refractivity contribution in [2.45, 2.75) is 24.8 Å². The number of nitrogens with one attached hydrogen (secondary N) is 1. The van der Waals surface area contributed by atoms with Crippen LogP contribution in [-0.2, 0) is 0 Å². The smallest absolute Gasteiger partial charge is 0.248 e. The van der Waals surface area contributed by atoms with Crippen LogP contribution in [0.4, 0.5) is 10.1 Å². The van der Waals surface area contributed by atoms with Crippen LogP contribution in [0.1, 0.15) is 29.6 Å². The third-order valence-electron chi connectivity index (χ3n) is 3.23. The molecule has 4 nitrogen and oxygen atoms in total. The zero-order chi connectivity index (χ0) is 12.5. The van der Waals surface area contributed by atoms with Gasteiger partial charge in [0.1, 0.15) is 5.82 Å². The van der Waals surface area contributed by atoms with Gasteiger partial charge in [-0.25, -0.2) is 4.39 Å². The lowest BCUT2D eigenvalue weighted by molar-refractivity contribution is 0.1000. The van der Waals surface area contributed by atoms with Gasteiger partial charge in [0.2, 0.25) is 5.91 Å². The van der Waals surface area contributed by atoms with E-state index in [1.54, 1.807) is 0 Å². The van der Waals surface area contributed by atoms with Crippen LogP contribution < -0.4 is 16.8 Å². The summed E-state index contributed by atoms with van der Waals surface area (Å²) in [6, 6.07) is 4.14. The molecule has 0 heterocycles. The number of carbonyl (C=O) groups is 1. The summed E-state index contributed by atoms with van der Waals surface area (Å²) in [6.45, 7) is 0.542. The highest BCUT2D eigenvalue weighted by Gasteiger charge is 2.32. The molecule has 17 heavy (non-hydrogen) atoms. The summed E-state index contributed by atoms with van der Waals surface area (Å²) < 4.78 is 13.6. The van der Waals surface area contributed by atoms with Crippen LogP contribution in [0.5, 0.6) is 0 Å². The average Bonchev–Trinajstić information content (AvgIpc) is 2.24. The van der Waals surface area contributed by atoms with Crippen molar-refractivity contribution in [1.29, 1.82) is 0 Å². The summed E-state index contributed by atoms with van der Waals surface area (Å²) in [5.41, 5.74) is 11.4. The summed E-state index contributed by atoms with van der Waals surface area (Å²) in [5.74, 6) is -1.12. The van der Waals surface area contributed by atoms with E-state index in [0.29, 0.717) is 12.2 Å². The number of amides is 1. The lowest BCUT2D eigenvalue weighted by Gasteiger charge is -2.38. The molecule has 5 N–H and O–H groups in total. The van der Waals surface area contributed by atoms with Gasteiger partial charge in [-0.3, -0.25) is 4.79 Å². The van der Waals surface area contributed by atoms with Crippen LogP contribution in [0.15, 0.2) is 18.2 Å². The van der Waals surface area contributed by atoms with Crippen LogP contribution in [-0.4, -0.2) is 18.0 Å². The summed E-state index contributed by atoms with van der Waals surface area (Å²) in [6.07, 6.45) is 3.04. The highest BCUT2D eigenvalue weighted by Crippen LogP contribution is 2.29. The minimum absolute atomic E-state index is 0.166. The molecule has 0 aliphatic heterocycles. The van der Waals surface area contributed by atoms with Crippen molar-refractivity contribution in [3.63, 3.8) is 0 Å². The maximum absolute atomic E-state index is 13.6. The number of nitrogens with two attached hydrogens (primary N) is 2. The highest BCUT2D eigenvalue weighted by atomic mass is 19.1. The van der Waals surface area contributed by atoms with Gasteiger partial charge in [-0.1, -0.05) is 0 Å². The Morgan fingerprint density at radius 3 is 2.65 bits per heavy atom. The van der Waals surface area contributed by atoms with Gasteiger partial charge in [-0.05, 0) is 37.5 Å². The van der Waals surface area contributed by atoms with E-state index >= 15 is 0 Å². The molecule has 1 saturated carbocycles. The number of benzene rings is 1. The summed E-state index contributed by atoms with van der Waals surface area (Å²) in [7, 11) is 0. The van der Waals surface area contributed by atoms with Crippen molar-refractivity contribution >= 4 is 11.6 Å². The second-order valence-corrected chi connectivity index (χ2v) is 4.63. The number of halogens is 1. The Kier molecular flexibility index (Phi) is 3.02. The van der Waals surface area contributed by atoms with Gasteiger partial charge >= 0.3 is 0 Å². The topological polar surface area (TPSA) is 81.1 Å². The second kappa shape index (κ2) is 4.33. The largest absolute Gasteiger partial charge is 0.381 e. The first-order valence-corrected chi connectivity index (χ1v) is 5.62. The molecular formula is C12H16FN3O. The Labute approximate surface area is 99.2 Å². The first kappa shape index (κ1) is 11.9. The summed E-state index contributed by atoms with van der Waals surface area (Å²) >= 11 is 0. The molecule has 0 aromatic heterocycles. The maximum atomic E-state index is 13.6. The van der Waals surface area contributed by atoms with Gasteiger partial charge in [0.15, 0.2) is 0 Å². The zero-order valence-corrected chi connectivity index (χ0v) is 9.50. The van der Waals surface area contributed by atoms with Crippen molar-refractivity contribution in [2.24, 2.45) is 11.5 Å². The number of rotatable bonds is 4. The molecule has 0 unspecified atom stereocenters. The number of hydrogen-bond acceptors (Lipinski definition) is 3. The Hall–Kier alpha value is -1.62. The monoisotopic (exact) mass is 237 g/mol. The SMILES string of the molecule is NC(=O)c1ccc(NCC2(N)CCC2)c(F)c1. The predicted octanol–water partition coefficient (Wildman–Crippen LogP) is 1.22. The molecule has 92 valence electrons. The number of primary amides is 1. The molecular weight excluding hydrogens is 221 g/mol. The molecule has 1 aliphatic rings. The number of carbonyl (C=O) groups excluding carboxylic acids is 1. The van der Waals surface area contributed by atoms with Crippen LogP contribution in [0.25, 0.3) is 0 Å². The van der Waals surface area contributed by atoms with Crippen molar-refractivity contribution in [1.82, 2.24) is 0 Å². The predicted molar refractivity (Wildman–Crippen MR) is 64.2 cm³/mol. The molecule has 1 aromatic carbocycles. The van der Waals surface area contributed by atoms with Gasteiger partial charge in [-0.15, -0.1) is 0 Å². The lowest BCUT2D eigenvalue weighted by Crippen LogP contribution is -2.52. The highest BCUT2D eigenvalue weighted by molar-refractivity contribution is 5.93. The van der Waals surface area contributed by atoms with E-state index in [1.165, 1.54) is 12.1 Å². The molecule has 1 aromatic rings. The van der Waals surface area contributed by atoms with Gasteiger partial charge in [-0.2, -0.15) is 0 Å². The van der Waals surface area contributed by atoms with E-state index in [2.05, 4.69) is 5.32 Å². The van der Waals surface area contributed by atoms with E-state index in [-0.39, 0.29) is 11.1 Å². The lowest BCUT2D eigenvalue weighted by atomic mass is 9.78. The normalized spacial score (nSPS) is 17.3. The standard InChI is InChI=1S/C12H16FN3O/c13-9-6-8(11(14)17)2-3-10(9)16-7-12(15)4-1-5-12/h2-3,6,16H,1,4-5,7,15H2,(H2,14,17). The summed E-state index contributed by atoms with van der Waals surface area (Å²) in [4.78, 5) is 10.9. The maximum Gasteiger partial charge on any atom is 0.248 e. The van der Waals surface area contributed by atoms with E-state index in [1.807, 2.05) is 0 Å². The quantitative estimate of drug-likeness (QED) is 0.736. The molecule has 0 atom stereocenters. The van der Waals surface area contributed by atoms with E-state index < -0.39 is 11.7 Å². The third-order valence-corrected chi connectivity index (χ3v) is 3.23. The molecule has 2 rings (SSSR count). The molecule has 0 saturated heterocycles. The van der Waals surface area contributed by atoms with E-state index in [9.17, 15) is 9.18 Å². The molecule has 0 bridgehead atoms. The first-order valence-electron chi connectivity index (χ1n) is 5.62. The average molecular weight is 237 g/mol. The summed E-state index contributed by atoms with van der Waals surface area (Å²) in [5, 5.41) is 2.97. The van der Waals surface area contributed by atoms with Gasteiger partial charge in [0.05, 0.1) is 5.69 Å². The Bertz CT molecular complexity index is 443. The van der Waals surface area contributed by atoms with Crippen LogP contribution in [0.3, 0.4) is 0 Å². The van der Waals surface area contributed by atoms with E-state index in [4.69, 9.17) is 11.5 Å². The fraction of sp³-hybridized carbons (Fsp3) is 0.417. The molecule has 5 heteroatoms. The van der Waals surface area contributed by atoms with Crippen LogP contribution >= 0.6 is 0 Å². The Morgan fingerprint density at radius 2 is 2.18 bits per heavy atom. The Morgan fingerprint density at radius 1 is 1.47 bits per heavy atom. The fourth-order valence-corrected chi connectivity index (χ4v) is 1.89. The second-order valence-electron chi connectivity index (χ2n) is 4.63. The first-order chi connectivity index (χ1) is 8.00. The molecule has 0 radical (unpaired) electrons. The minimum Gasteiger partial charge on any atom is -0.381 e. The van der Waals surface area contributed by atoms with Crippen molar-refractivity contribution in [2.75, 3.05) is 11.9 Å². The zero-order valence-electron chi connectivity index (χ0n) is 9.50. The van der Waals surface area contributed by atoms with Crippen molar-refractivity contribution in [3.05, 3.63) is 29.6 Å². The van der Waals surface area contributed by atoms with Crippen molar-refractivity contribution < 1.29 is 9.18 Å². The molecule has 1 amide bonds. The van der Waals surface area contributed by atoms with Crippen LogP contribution in [0.2, 0.25) is 0 Å². The van der Waals surface area contributed by atoms with E-state index in [0.717, 1.165) is 25.3 Å². The molecule has 1 fully saturated rings. The van der Waals surface area contributed by atoms with Gasteiger partial charge < -0.3 is 16.8 Å². The third kappa shape index (κ3) is 2.55. The van der Waals surface area contributed by atoms with Gasteiger partial charge in [0.25, 0.3) is 0 Å². The fourth-order valence-electron chi connectivity index (χ4n) is 1.89. The number of anilines is 1. The molecule has 1 aliphatic carbocycles. The number of hydrogen-bond donors (Lipinski definition) is 3. The van der Waals surface area contributed by atoms with Gasteiger partial charge in [0, 0.05) is 17.6 Å². The molecule has 0 spiro atoms.